The third kappa shape index (κ3) is 7.88. The van der Waals surface area contributed by atoms with Gasteiger partial charge in [-0.25, -0.2) is 13.1 Å². The Morgan fingerprint density at radius 3 is 2.23 bits per heavy atom. The largest absolute Gasteiger partial charge is 0.489 e. The molecular weight excluding hydrogens is 412 g/mol. The Morgan fingerprint density at radius 1 is 0.871 bits per heavy atom. The fourth-order valence-electron chi connectivity index (χ4n) is 2.84. The number of amides is 1. The molecule has 0 atom stereocenters. The Balaban J connectivity index is 1.41. The Kier molecular flexibility index (Phi) is 7.81. The summed E-state index contributed by atoms with van der Waals surface area (Å²) < 4.78 is 32.4. The van der Waals surface area contributed by atoms with E-state index >= 15 is 0 Å². The molecule has 0 saturated heterocycles. The van der Waals surface area contributed by atoms with Gasteiger partial charge in [-0.3, -0.25) is 4.79 Å². The number of nitrogens with one attached hydrogen (secondary N) is 2. The Morgan fingerprint density at radius 2 is 1.55 bits per heavy atom. The number of hydrogen-bond donors (Lipinski definition) is 2. The van der Waals surface area contributed by atoms with E-state index in [-0.39, 0.29) is 12.3 Å². The van der Waals surface area contributed by atoms with E-state index in [0.717, 1.165) is 16.7 Å². The van der Waals surface area contributed by atoms with Crippen LogP contribution < -0.4 is 14.8 Å². The Labute approximate surface area is 183 Å². The molecule has 3 aromatic carbocycles. The smallest absolute Gasteiger partial charge is 0.239 e. The third-order valence-corrected chi connectivity index (χ3v) is 5.94. The zero-order valence-electron chi connectivity index (χ0n) is 17.4. The monoisotopic (exact) mass is 438 g/mol. The minimum Gasteiger partial charge on any atom is -0.489 e. The van der Waals surface area contributed by atoms with Crippen molar-refractivity contribution in [2.75, 3.05) is 17.6 Å². The number of rotatable bonds is 10. The van der Waals surface area contributed by atoms with Crippen LogP contribution in [0.5, 0.6) is 5.75 Å². The molecule has 0 aromatic heterocycles. The molecule has 0 unspecified atom stereocenters. The van der Waals surface area contributed by atoms with Crippen molar-refractivity contribution < 1.29 is 17.9 Å². The summed E-state index contributed by atoms with van der Waals surface area (Å²) in [7, 11) is -3.55. The first kappa shape index (κ1) is 22.5. The molecule has 0 aliphatic rings. The van der Waals surface area contributed by atoms with E-state index in [1.165, 1.54) is 0 Å². The lowest BCUT2D eigenvalue weighted by Gasteiger charge is -2.10. The number of carbonyl (C=O) groups excluding carboxylic acids is 1. The first-order valence-electron chi connectivity index (χ1n) is 9.99. The van der Waals surface area contributed by atoms with E-state index in [0.29, 0.717) is 24.5 Å². The molecule has 3 rings (SSSR count). The molecule has 0 aliphatic carbocycles. The maximum atomic E-state index is 12.2. The summed E-state index contributed by atoms with van der Waals surface area (Å²) in [5.74, 6) is 0.173. The minimum absolute atomic E-state index is 0.0726. The summed E-state index contributed by atoms with van der Waals surface area (Å²) in [4.78, 5) is 12.1. The zero-order chi connectivity index (χ0) is 22.1. The van der Waals surface area contributed by atoms with Crippen LogP contribution in [0, 0.1) is 6.92 Å². The molecule has 3 aromatic rings. The number of ether oxygens (including phenoxy) is 1. The van der Waals surface area contributed by atoms with Crippen LogP contribution in [0.1, 0.15) is 16.7 Å². The number of anilines is 1. The van der Waals surface area contributed by atoms with Gasteiger partial charge in [0.15, 0.2) is 0 Å². The second kappa shape index (κ2) is 10.7. The molecule has 1 amide bonds. The normalized spacial score (nSPS) is 11.1. The molecular formula is C24H26N2O4S. The van der Waals surface area contributed by atoms with Crippen molar-refractivity contribution in [3.8, 4) is 5.75 Å². The molecule has 6 nitrogen and oxygen atoms in total. The summed E-state index contributed by atoms with van der Waals surface area (Å²) >= 11 is 0. The average Bonchev–Trinajstić information content (AvgIpc) is 2.78. The summed E-state index contributed by atoms with van der Waals surface area (Å²) in [5, 5.41) is 2.67. The highest BCUT2D eigenvalue weighted by molar-refractivity contribution is 7.89. The van der Waals surface area contributed by atoms with Gasteiger partial charge in [-0.2, -0.15) is 0 Å². The maximum absolute atomic E-state index is 12.2. The van der Waals surface area contributed by atoms with E-state index < -0.39 is 15.9 Å². The lowest BCUT2D eigenvalue weighted by molar-refractivity contribution is -0.115. The van der Waals surface area contributed by atoms with Crippen molar-refractivity contribution in [1.82, 2.24) is 4.72 Å². The second-order valence-electron chi connectivity index (χ2n) is 7.22. The van der Waals surface area contributed by atoms with Crippen molar-refractivity contribution in [3.05, 3.63) is 95.6 Å². The molecule has 0 radical (unpaired) electrons. The van der Waals surface area contributed by atoms with Crippen LogP contribution in [0.2, 0.25) is 0 Å². The average molecular weight is 439 g/mol. The van der Waals surface area contributed by atoms with Gasteiger partial charge in [-0.05, 0) is 48.7 Å². The molecule has 31 heavy (non-hydrogen) atoms. The van der Waals surface area contributed by atoms with E-state index in [1.54, 1.807) is 24.3 Å². The fraction of sp³-hybridized carbons (Fsp3) is 0.208. The summed E-state index contributed by atoms with van der Waals surface area (Å²) in [6.45, 7) is 2.12. The summed E-state index contributed by atoms with van der Waals surface area (Å²) in [5.41, 5.74) is 3.69. The standard InChI is InChI=1S/C24H26N2O4S/c1-19-7-9-20(10-8-19)15-16-31(28,29)25-17-24(27)26-22-11-13-23(14-12-22)30-18-21-5-3-2-4-6-21/h2-14,25H,15-18H2,1H3,(H,26,27). The fourth-order valence-corrected chi connectivity index (χ4v) is 3.83. The Hall–Kier alpha value is -3.16. The number of hydrogen-bond acceptors (Lipinski definition) is 4. The van der Waals surface area contributed by atoms with E-state index in [2.05, 4.69) is 10.0 Å². The number of sulfonamides is 1. The molecule has 2 N–H and O–H groups in total. The summed E-state index contributed by atoms with van der Waals surface area (Å²) in [6, 6.07) is 24.5. The lowest BCUT2D eigenvalue weighted by Crippen LogP contribution is -2.34. The van der Waals surface area contributed by atoms with E-state index in [1.807, 2.05) is 61.5 Å². The van der Waals surface area contributed by atoms with E-state index in [4.69, 9.17) is 4.74 Å². The molecule has 7 heteroatoms. The van der Waals surface area contributed by atoms with Crippen LogP contribution in [0.15, 0.2) is 78.9 Å². The van der Waals surface area contributed by atoms with Crippen molar-refractivity contribution >= 4 is 21.6 Å². The minimum atomic E-state index is -3.55. The van der Waals surface area contributed by atoms with Gasteiger partial charge in [-0.1, -0.05) is 60.2 Å². The van der Waals surface area contributed by atoms with Gasteiger partial charge in [0.25, 0.3) is 0 Å². The predicted molar refractivity (Wildman–Crippen MR) is 123 cm³/mol. The number of aryl methyl sites for hydroxylation is 2. The highest BCUT2D eigenvalue weighted by Gasteiger charge is 2.13. The predicted octanol–water partition coefficient (Wildman–Crippen LogP) is 3.67. The topological polar surface area (TPSA) is 84.5 Å². The molecule has 0 aliphatic heterocycles. The van der Waals surface area contributed by atoms with Crippen molar-refractivity contribution in [2.45, 2.75) is 20.0 Å². The van der Waals surface area contributed by atoms with Gasteiger partial charge < -0.3 is 10.1 Å². The van der Waals surface area contributed by atoms with Crippen LogP contribution in [-0.2, 0) is 27.8 Å². The zero-order valence-corrected chi connectivity index (χ0v) is 18.2. The first-order valence-corrected chi connectivity index (χ1v) is 11.6. The van der Waals surface area contributed by atoms with Crippen LogP contribution in [0.3, 0.4) is 0 Å². The number of benzene rings is 3. The Bertz CT molecular complexity index is 1080. The number of carbonyl (C=O) groups is 1. The van der Waals surface area contributed by atoms with Crippen molar-refractivity contribution in [2.24, 2.45) is 0 Å². The molecule has 0 heterocycles. The van der Waals surface area contributed by atoms with Gasteiger partial charge in [-0.15, -0.1) is 0 Å². The quantitative estimate of drug-likeness (QED) is 0.506. The summed E-state index contributed by atoms with van der Waals surface area (Å²) in [6.07, 6.45) is 0.391. The van der Waals surface area contributed by atoms with Gasteiger partial charge in [0.1, 0.15) is 12.4 Å². The highest BCUT2D eigenvalue weighted by atomic mass is 32.2. The van der Waals surface area contributed by atoms with Gasteiger partial charge in [0, 0.05) is 5.69 Å². The van der Waals surface area contributed by atoms with Crippen molar-refractivity contribution in [3.63, 3.8) is 0 Å². The molecule has 0 fully saturated rings. The van der Waals surface area contributed by atoms with Crippen LogP contribution in [0.4, 0.5) is 5.69 Å². The molecule has 0 bridgehead atoms. The SMILES string of the molecule is Cc1ccc(CCS(=O)(=O)NCC(=O)Nc2ccc(OCc3ccccc3)cc2)cc1. The van der Waals surface area contributed by atoms with Crippen LogP contribution in [-0.4, -0.2) is 26.6 Å². The maximum Gasteiger partial charge on any atom is 0.239 e. The van der Waals surface area contributed by atoms with Gasteiger partial charge >= 0.3 is 0 Å². The van der Waals surface area contributed by atoms with Gasteiger partial charge in [0.05, 0.1) is 12.3 Å². The highest BCUT2D eigenvalue weighted by Crippen LogP contribution is 2.17. The second-order valence-corrected chi connectivity index (χ2v) is 9.15. The first-order chi connectivity index (χ1) is 14.9. The molecule has 0 saturated carbocycles. The molecule has 0 spiro atoms. The van der Waals surface area contributed by atoms with Crippen LogP contribution in [0.25, 0.3) is 0 Å². The lowest BCUT2D eigenvalue weighted by atomic mass is 10.1. The molecule has 162 valence electrons. The van der Waals surface area contributed by atoms with Crippen LogP contribution >= 0.6 is 0 Å². The third-order valence-electron chi connectivity index (χ3n) is 4.62. The van der Waals surface area contributed by atoms with Crippen molar-refractivity contribution in [1.29, 1.82) is 0 Å². The van der Waals surface area contributed by atoms with Gasteiger partial charge in [0.2, 0.25) is 15.9 Å². The van der Waals surface area contributed by atoms with E-state index in [9.17, 15) is 13.2 Å².